The van der Waals surface area contributed by atoms with Crippen molar-refractivity contribution in [3.8, 4) is 0 Å². The smallest absolute Gasteiger partial charge is 0.0510 e. The van der Waals surface area contributed by atoms with Crippen LogP contribution in [0.1, 0.15) is 58.1 Å². The molecule has 1 aromatic carbocycles. The van der Waals surface area contributed by atoms with Crippen LogP contribution >= 0.6 is 15.9 Å². The molecule has 1 aliphatic carbocycles. The molecule has 0 unspecified atom stereocenters. The van der Waals surface area contributed by atoms with Crippen molar-refractivity contribution < 1.29 is 0 Å². The molecule has 2 rings (SSSR count). The zero-order valence-corrected chi connectivity index (χ0v) is 14.7. The van der Waals surface area contributed by atoms with Crippen LogP contribution in [-0.4, -0.2) is 13.1 Å². The summed E-state index contributed by atoms with van der Waals surface area (Å²) in [6.45, 7) is 6.79. The fourth-order valence-electron chi connectivity index (χ4n) is 3.06. The van der Waals surface area contributed by atoms with Crippen molar-refractivity contribution in [1.82, 2.24) is 0 Å². The SMILES string of the molecule is C[C@H](N)c1ccc(N(C)C2CCC(C)(C)CC2)c(Br)c1. The normalized spacial score (nSPS) is 20.7. The van der Waals surface area contributed by atoms with Crippen LogP contribution < -0.4 is 10.6 Å². The Morgan fingerprint density at radius 3 is 2.40 bits per heavy atom. The van der Waals surface area contributed by atoms with E-state index in [9.17, 15) is 0 Å². The van der Waals surface area contributed by atoms with E-state index in [4.69, 9.17) is 5.73 Å². The van der Waals surface area contributed by atoms with E-state index < -0.39 is 0 Å². The van der Waals surface area contributed by atoms with Gasteiger partial charge in [-0.1, -0.05) is 19.9 Å². The standard InChI is InChI=1S/C17H27BrN2/c1-12(19)13-5-6-16(15(18)11-13)20(4)14-7-9-17(2,3)10-8-14/h5-6,11-12,14H,7-10,19H2,1-4H3/t12-/m0/s1. The first kappa shape index (κ1) is 15.8. The minimum Gasteiger partial charge on any atom is -0.371 e. The van der Waals surface area contributed by atoms with Crippen molar-refractivity contribution >= 4 is 21.6 Å². The molecule has 1 fully saturated rings. The molecule has 0 aromatic heterocycles. The average Bonchev–Trinajstić information content (AvgIpc) is 2.37. The molecular weight excluding hydrogens is 312 g/mol. The summed E-state index contributed by atoms with van der Waals surface area (Å²) in [5.41, 5.74) is 8.92. The third kappa shape index (κ3) is 3.56. The second-order valence-corrected chi connectivity index (χ2v) is 7.86. The first-order valence-corrected chi connectivity index (χ1v) is 8.37. The Morgan fingerprint density at radius 1 is 1.30 bits per heavy atom. The van der Waals surface area contributed by atoms with Gasteiger partial charge in [0.15, 0.2) is 0 Å². The zero-order valence-electron chi connectivity index (χ0n) is 13.1. The van der Waals surface area contributed by atoms with Gasteiger partial charge in [0.2, 0.25) is 0 Å². The minimum absolute atomic E-state index is 0.0844. The second-order valence-electron chi connectivity index (χ2n) is 7.01. The molecule has 1 saturated carbocycles. The molecule has 0 aliphatic heterocycles. The summed E-state index contributed by atoms with van der Waals surface area (Å²) in [4.78, 5) is 2.43. The van der Waals surface area contributed by atoms with Crippen molar-refractivity contribution in [3.63, 3.8) is 0 Å². The van der Waals surface area contributed by atoms with Gasteiger partial charge in [0.05, 0.1) is 5.69 Å². The molecule has 1 aromatic rings. The summed E-state index contributed by atoms with van der Waals surface area (Å²) in [6, 6.07) is 7.24. The maximum absolute atomic E-state index is 5.95. The Morgan fingerprint density at radius 2 is 1.90 bits per heavy atom. The molecule has 20 heavy (non-hydrogen) atoms. The summed E-state index contributed by atoms with van der Waals surface area (Å²) in [5, 5.41) is 0. The van der Waals surface area contributed by atoms with Gasteiger partial charge in [-0.05, 0) is 71.6 Å². The molecule has 0 saturated heterocycles. The van der Waals surface area contributed by atoms with Crippen LogP contribution in [0.3, 0.4) is 0 Å². The Labute approximate surface area is 131 Å². The highest BCUT2D eigenvalue weighted by atomic mass is 79.9. The van der Waals surface area contributed by atoms with Gasteiger partial charge >= 0.3 is 0 Å². The highest BCUT2D eigenvalue weighted by molar-refractivity contribution is 9.10. The average molecular weight is 339 g/mol. The lowest BCUT2D eigenvalue weighted by molar-refractivity contribution is 0.222. The molecule has 0 heterocycles. The topological polar surface area (TPSA) is 29.3 Å². The zero-order chi connectivity index (χ0) is 14.9. The fourth-order valence-corrected chi connectivity index (χ4v) is 3.74. The lowest BCUT2D eigenvalue weighted by Gasteiger charge is -2.40. The Balaban J connectivity index is 2.12. The van der Waals surface area contributed by atoms with Crippen molar-refractivity contribution in [1.29, 1.82) is 0 Å². The van der Waals surface area contributed by atoms with E-state index >= 15 is 0 Å². The van der Waals surface area contributed by atoms with Crippen LogP contribution in [0.25, 0.3) is 0 Å². The Bertz CT molecular complexity index is 458. The number of rotatable bonds is 3. The summed E-state index contributed by atoms with van der Waals surface area (Å²) in [5.74, 6) is 0. The van der Waals surface area contributed by atoms with Crippen LogP contribution in [-0.2, 0) is 0 Å². The lowest BCUT2D eigenvalue weighted by atomic mass is 9.75. The van der Waals surface area contributed by atoms with Gasteiger partial charge in [-0.3, -0.25) is 0 Å². The Kier molecular flexibility index (Phi) is 4.80. The molecule has 0 radical (unpaired) electrons. The van der Waals surface area contributed by atoms with E-state index in [-0.39, 0.29) is 6.04 Å². The molecule has 1 aliphatic rings. The fraction of sp³-hybridized carbons (Fsp3) is 0.647. The molecule has 2 nitrogen and oxygen atoms in total. The highest BCUT2D eigenvalue weighted by Gasteiger charge is 2.29. The third-order valence-corrected chi connectivity index (χ3v) is 5.37. The van der Waals surface area contributed by atoms with Gasteiger partial charge < -0.3 is 10.6 Å². The summed E-state index contributed by atoms with van der Waals surface area (Å²) < 4.78 is 1.15. The maximum Gasteiger partial charge on any atom is 0.0510 e. The maximum atomic E-state index is 5.95. The van der Waals surface area contributed by atoms with Gasteiger partial charge in [0.1, 0.15) is 0 Å². The van der Waals surface area contributed by atoms with Crippen molar-refractivity contribution in [3.05, 3.63) is 28.2 Å². The van der Waals surface area contributed by atoms with Gasteiger partial charge in [-0.2, -0.15) is 0 Å². The van der Waals surface area contributed by atoms with Gasteiger partial charge in [-0.25, -0.2) is 0 Å². The van der Waals surface area contributed by atoms with Crippen LogP contribution in [0, 0.1) is 5.41 Å². The van der Waals surface area contributed by atoms with Crippen LogP contribution in [0.2, 0.25) is 0 Å². The number of anilines is 1. The molecule has 3 heteroatoms. The molecule has 112 valence electrons. The molecule has 2 N–H and O–H groups in total. The van der Waals surface area contributed by atoms with E-state index in [2.05, 4.69) is 59.9 Å². The van der Waals surface area contributed by atoms with Crippen LogP contribution in [0.4, 0.5) is 5.69 Å². The van der Waals surface area contributed by atoms with Gasteiger partial charge in [0, 0.05) is 23.6 Å². The van der Waals surface area contributed by atoms with Crippen molar-refractivity contribution in [2.45, 2.75) is 58.5 Å². The first-order valence-electron chi connectivity index (χ1n) is 7.58. The number of nitrogens with zero attached hydrogens (tertiary/aromatic N) is 1. The van der Waals surface area contributed by atoms with E-state index in [1.807, 2.05) is 6.92 Å². The van der Waals surface area contributed by atoms with E-state index in [0.29, 0.717) is 11.5 Å². The molecule has 0 spiro atoms. The van der Waals surface area contributed by atoms with E-state index in [0.717, 1.165) is 4.47 Å². The van der Waals surface area contributed by atoms with Crippen molar-refractivity contribution in [2.75, 3.05) is 11.9 Å². The van der Waals surface area contributed by atoms with Crippen LogP contribution in [0.5, 0.6) is 0 Å². The lowest BCUT2D eigenvalue weighted by Crippen LogP contribution is -2.37. The predicted molar refractivity (Wildman–Crippen MR) is 91.2 cm³/mol. The highest BCUT2D eigenvalue weighted by Crippen LogP contribution is 2.39. The predicted octanol–water partition coefficient (Wildman–Crippen LogP) is 4.87. The van der Waals surface area contributed by atoms with Gasteiger partial charge in [-0.15, -0.1) is 0 Å². The van der Waals surface area contributed by atoms with E-state index in [1.54, 1.807) is 0 Å². The molecule has 0 bridgehead atoms. The quantitative estimate of drug-likeness (QED) is 0.851. The molecule has 1 atom stereocenters. The second kappa shape index (κ2) is 6.07. The summed E-state index contributed by atoms with van der Waals surface area (Å²) in [7, 11) is 2.22. The Hall–Kier alpha value is -0.540. The number of hydrogen-bond donors (Lipinski definition) is 1. The summed E-state index contributed by atoms with van der Waals surface area (Å²) in [6.07, 6.45) is 5.20. The summed E-state index contributed by atoms with van der Waals surface area (Å²) >= 11 is 3.71. The van der Waals surface area contributed by atoms with Crippen molar-refractivity contribution in [2.24, 2.45) is 11.1 Å². The number of hydrogen-bond acceptors (Lipinski definition) is 2. The van der Waals surface area contributed by atoms with Gasteiger partial charge in [0.25, 0.3) is 0 Å². The number of benzene rings is 1. The third-order valence-electron chi connectivity index (χ3n) is 4.73. The minimum atomic E-state index is 0.0844. The largest absolute Gasteiger partial charge is 0.371 e. The first-order chi connectivity index (χ1) is 9.30. The number of halogens is 1. The number of nitrogens with two attached hydrogens (primary N) is 1. The monoisotopic (exact) mass is 338 g/mol. The van der Waals surface area contributed by atoms with E-state index in [1.165, 1.54) is 36.9 Å². The molecule has 0 amide bonds. The molecular formula is C17H27BrN2. The van der Waals surface area contributed by atoms with Crippen LogP contribution in [0.15, 0.2) is 22.7 Å².